The highest BCUT2D eigenvalue weighted by Crippen LogP contribution is 2.55. The molecule has 7 nitrogen and oxygen atoms in total. The Balaban J connectivity index is 1.59. The van der Waals surface area contributed by atoms with Crippen molar-refractivity contribution in [3.05, 3.63) is 119 Å². The highest BCUT2D eigenvalue weighted by atomic mass is 16.5. The number of ether oxygens (including phenoxy) is 4. The minimum absolute atomic E-state index is 0.158. The molecule has 7 heteroatoms. The second kappa shape index (κ2) is 11.9. The van der Waals surface area contributed by atoms with Crippen molar-refractivity contribution in [1.82, 2.24) is 10.6 Å². The molecule has 4 aromatic rings. The van der Waals surface area contributed by atoms with E-state index in [1.165, 1.54) is 0 Å². The average molecular weight is 565 g/mol. The number of ketones is 1. The topological polar surface area (TPSA) is 78.1 Å². The molecule has 0 unspecified atom stereocenters. The van der Waals surface area contributed by atoms with Gasteiger partial charge in [0.05, 0.1) is 40.3 Å². The molecular formula is C35H36N2O5. The number of Topliss-reactive ketones (excluding diaryl/α,β-unsaturated/α-hetero) is 1. The molecule has 0 spiro atoms. The van der Waals surface area contributed by atoms with Crippen molar-refractivity contribution in [2.45, 2.75) is 24.2 Å². The van der Waals surface area contributed by atoms with Crippen LogP contribution in [0.15, 0.2) is 97.1 Å². The van der Waals surface area contributed by atoms with E-state index in [-0.39, 0.29) is 30.0 Å². The van der Waals surface area contributed by atoms with Gasteiger partial charge in [0.1, 0.15) is 28.8 Å². The Labute approximate surface area is 246 Å². The van der Waals surface area contributed by atoms with Gasteiger partial charge in [-0.15, -0.1) is 0 Å². The van der Waals surface area contributed by atoms with Crippen LogP contribution < -0.4 is 29.6 Å². The summed E-state index contributed by atoms with van der Waals surface area (Å²) in [5.41, 5.74) is 3.70. The van der Waals surface area contributed by atoms with Crippen LogP contribution in [0, 0.1) is 11.8 Å². The van der Waals surface area contributed by atoms with E-state index in [1.807, 2.05) is 97.1 Å². The second-order valence-electron chi connectivity index (χ2n) is 10.7. The summed E-state index contributed by atoms with van der Waals surface area (Å²) in [6, 6.07) is 30.2. The van der Waals surface area contributed by atoms with Crippen molar-refractivity contribution < 1.29 is 23.7 Å². The normalized spacial score (nSPS) is 25.0. The first kappa shape index (κ1) is 27.8. The van der Waals surface area contributed by atoms with Crippen molar-refractivity contribution >= 4 is 5.78 Å². The zero-order valence-corrected chi connectivity index (χ0v) is 24.2. The molecule has 2 aliphatic rings. The summed E-state index contributed by atoms with van der Waals surface area (Å²) < 4.78 is 23.3. The summed E-state index contributed by atoms with van der Waals surface area (Å²) in [4.78, 5) is 15.1. The molecule has 42 heavy (non-hydrogen) atoms. The Hall–Kier alpha value is -4.33. The van der Waals surface area contributed by atoms with Crippen LogP contribution in [0.4, 0.5) is 0 Å². The molecule has 0 saturated carbocycles. The lowest BCUT2D eigenvalue weighted by Crippen LogP contribution is -2.60. The number of carbonyl (C=O) groups is 1. The fourth-order valence-corrected chi connectivity index (χ4v) is 6.89. The van der Waals surface area contributed by atoms with Crippen LogP contribution in [-0.4, -0.2) is 34.2 Å². The van der Waals surface area contributed by atoms with E-state index < -0.39 is 11.8 Å². The van der Waals surface area contributed by atoms with Gasteiger partial charge in [-0.3, -0.25) is 4.79 Å². The summed E-state index contributed by atoms with van der Waals surface area (Å²) in [6.07, 6.45) is 0. The molecule has 0 amide bonds. The molecule has 0 aliphatic carbocycles. The number of hydrogen-bond acceptors (Lipinski definition) is 7. The molecule has 2 bridgehead atoms. The molecule has 216 valence electrons. The maximum absolute atomic E-state index is 15.1. The molecule has 4 atom stereocenters. The third kappa shape index (κ3) is 4.68. The van der Waals surface area contributed by atoms with Crippen LogP contribution in [0.2, 0.25) is 0 Å². The number of methoxy groups -OCH3 is 4. The summed E-state index contributed by atoms with van der Waals surface area (Å²) in [5, 5.41) is 7.88. The highest BCUT2D eigenvalue weighted by molar-refractivity contribution is 5.89. The molecule has 6 rings (SSSR count). The van der Waals surface area contributed by atoms with Gasteiger partial charge in [0.25, 0.3) is 0 Å². The van der Waals surface area contributed by atoms with Crippen LogP contribution >= 0.6 is 0 Å². The highest BCUT2D eigenvalue weighted by Gasteiger charge is 2.56. The average Bonchev–Trinajstić information content (AvgIpc) is 3.05. The number of para-hydroxylation sites is 4. The van der Waals surface area contributed by atoms with Gasteiger partial charge in [0.2, 0.25) is 0 Å². The molecule has 0 aromatic heterocycles. The van der Waals surface area contributed by atoms with Gasteiger partial charge in [0.15, 0.2) is 0 Å². The van der Waals surface area contributed by atoms with Crippen LogP contribution in [0.25, 0.3) is 0 Å². The molecule has 2 N–H and O–H groups in total. The lowest BCUT2D eigenvalue weighted by molar-refractivity contribution is -0.139. The number of hydrogen-bond donors (Lipinski definition) is 2. The van der Waals surface area contributed by atoms with Crippen LogP contribution in [0.5, 0.6) is 23.0 Å². The van der Waals surface area contributed by atoms with Crippen molar-refractivity contribution in [3.8, 4) is 23.0 Å². The number of benzene rings is 4. The van der Waals surface area contributed by atoms with E-state index in [0.717, 1.165) is 45.3 Å². The summed E-state index contributed by atoms with van der Waals surface area (Å²) in [6.45, 7) is 0. The largest absolute Gasteiger partial charge is 0.496 e. The Morgan fingerprint density at radius 2 is 0.667 bits per heavy atom. The first-order valence-electron chi connectivity index (χ1n) is 14.2. The van der Waals surface area contributed by atoms with Crippen molar-refractivity contribution in [2.75, 3.05) is 28.4 Å². The predicted molar refractivity (Wildman–Crippen MR) is 161 cm³/mol. The van der Waals surface area contributed by atoms with E-state index in [9.17, 15) is 0 Å². The minimum atomic E-state index is -0.459. The van der Waals surface area contributed by atoms with E-state index in [0.29, 0.717) is 0 Å². The molecule has 2 aliphatic heterocycles. The number of rotatable bonds is 8. The molecule has 0 radical (unpaired) electrons. The van der Waals surface area contributed by atoms with Crippen LogP contribution in [-0.2, 0) is 4.79 Å². The molecule has 2 saturated heterocycles. The third-order valence-electron chi connectivity index (χ3n) is 8.71. The van der Waals surface area contributed by atoms with E-state index in [4.69, 9.17) is 18.9 Å². The Morgan fingerprint density at radius 1 is 0.429 bits per heavy atom. The van der Waals surface area contributed by atoms with Crippen LogP contribution in [0.3, 0.4) is 0 Å². The van der Waals surface area contributed by atoms with Gasteiger partial charge in [-0.1, -0.05) is 72.8 Å². The summed E-state index contributed by atoms with van der Waals surface area (Å²) in [5.74, 6) is 2.15. The van der Waals surface area contributed by atoms with Crippen molar-refractivity contribution in [2.24, 2.45) is 11.8 Å². The van der Waals surface area contributed by atoms with Gasteiger partial charge in [-0.2, -0.15) is 0 Å². The van der Waals surface area contributed by atoms with E-state index in [1.54, 1.807) is 28.4 Å². The van der Waals surface area contributed by atoms with Crippen molar-refractivity contribution in [1.29, 1.82) is 0 Å². The Kier molecular flexibility index (Phi) is 7.87. The zero-order chi connectivity index (χ0) is 29.2. The van der Waals surface area contributed by atoms with Gasteiger partial charge in [-0.05, 0) is 24.3 Å². The van der Waals surface area contributed by atoms with Gasteiger partial charge in [0, 0.05) is 46.4 Å². The number of piperidine rings is 2. The minimum Gasteiger partial charge on any atom is -0.496 e. The third-order valence-corrected chi connectivity index (χ3v) is 8.71. The fourth-order valence-electron chi connectivity index (χ4n) is 6.89. The predicted octanol–water partition coefficient (Wildman–Crippen LogP) is 5.99. The SMILES string of the molecule is COc1ccccc1[C@@H]1N[C@@H](c2ccccc2OC)C2C(=O)C1[C@H](c1ccccc1OC)N[C@H]2c1ccccc1OC. The quantitative estimate of drug-likeness (QED) is 0.272. The van der Waals surface area contributed by atoms with Gasteiger partial charge in [-0.25, -0.2) is 0 Å². The maximum atomic E-state index is 15.1. The monoisotopic (exact) mass is 564 g/mol. The number of carbonyl (C=O) groups excluding carboxylic acids is 1. The van der Waals surface area contributed by atoms with Crippen LogP contribution in [0.1, 0.15) is 46.4 Å². The lowest BCUT2D eigenvalue weighted by atomic mass is 9.63. The summed E-state index contributed by atoms with van der Waals surface area (Å²) >= 11 is 0. The smallest absolute Gasteiger partial charge is 0.146 e. The number of fused-ring (bicyclic) bond motifs is 2. The molecular weight excluding hydrogens is 528 g/mol. The fraction of sp³-hybridized carbons (Fsp3) is 0.286. The molecule has 4 aromatic carbocycles. The zero-order valence-electron chi connectivity index (χ0n) is 24.2. The van der Waals surface area contributed by atoms with E-state index in [2.05, 4.69) is 10.6 Å². The lowest BCUT2D eigenvalue weighted by Gasteiger charge is -2.53. The van der Waals surface area contributed by atoms with Gasteiger partial charge < -0.3 is 29.6 Å². The van der Waals surface area contributed by atoms with E-state index >= 15 is 4.79 Å². The second-order valence-corrected chi connectivity index (χ2v) is 10.7. The van der Waals surface area contributed by atoms with Crippen molar-refractivity contribution in [3.63, 3.8) is 0 Å². The Bertz CT molecular complexity index is 1350. The Morgan fingerprint density at radius 3 is 0.905 bits per heavy atom. The first-order valence-corrected chi connectivity index (χ1v) is 14.2. The van der Waals surface area contributed by atoms with Gasteiger partial charge >= 0.3 is 0 Å². The summed E-state index contributed by atoms with van der Waals surface area (Å²) in [7, 11) is 6.66. The molecule has 2 heterocycles. The standard InChI is InChI=1S/C35H36N2O5/c1-39-25-17-9-5-13-21(25)31-29-32(22-14-6-10-18-26(22)40-2)37-34(24-16-8-12-20-28(24)42-4)30(35(29)38)33(36-31)23-15-7-11-19-27(23)41-3/h5-20,29-34,36-37H,1-4H3/t29?,30?,31-,32-,33-,34-/m0/s1. The first-order chi connectivity index (χ1) is 20.6. The maximum Gasteiger partial charge on any atom is 0.146 e. The number of nitrogens with one attached hydrogen (secondary N) is 2. The molecule has 2 fully saturated rings.